The van der Waals surface area contributed by atoms with E-state index < -0.39 is 0 Å². The number of fused-ring (bicyclic) bond motifs is 1. The summed E-state index contributed by atoms with van der Waals surface area (Å²) in [5.41, 5.74) is 3.58. The van der Waals surface area contributed by atoms with Crippen LogP contribution in [0.5, 0.6) is 5.75 Å². The van der Waals surface area contributed by atoms with E-state index in [1.807, 2.05) is 23.9 Å². The van der Waals surface area contributed by atoms with Crippen molar-refractivity contribution < 1.29 is 4.74 Å². The molecular weight excluding hydrogens is 314 g/mol. The van der Waals surface area contributed by atoms with Gasteiger partial charge < -0.3 is 10.1 Å². The predicted octanol–water partition coefficient (Wildman–Crippen LogP) is 3.72. The third-order valence-corrected chi connectivity index (χ3v) is 3.89. The third-order valence-electron chi connectivity index (χ3n) is 3.59. The number of hydrogen-bond donors (Lipinski definition) is 1. The largest absolute Gasteiger partial charge is 0.495 e. The zero-order chi connectivity index (χ0) is 16.4. The highest BCUT2D eigenvalue weighted by molar-refractivity contribution is 6.32. The van der Waals surface area contributed by atoms with Crippen molar-refractivity contribution in [2.75, 3.05) is 12.4 Å². The van der Waals surface area contributed by atoms with Crippen LogP contribution in [0.2, 0.25) is 5.02 Å². The Bertz CT molecular complexity index is 846. The number of anilines is 2. The van der Waals surface area contributed by atoms with Crippen LogP contribution in [0.1, 0.15) is 19.0 Å². The minimum absolute atomic E-state index is 0.541. The fourth-order valence-electron chi connectivity index (χ4n) is 2.55. The van der Waals surface area contributed by atoms with Gasteiger partial charge in [-0.05, 0) is 24.6 Å². The number of nitrogens with one attached hydrogen (secondary N) is 1. The van der Waals surface area contributed by atoms with E-state index in [2.05, 4.69) is 27.3 Å². The molecule has 0 amide bonds. The molecule has 6 nitrogen and oxygen atoms in total. The van der Waals surface area contributed by atoms with Gasteiger partial charge in [0.2, 0.25) is 0 Å². The molecule has 23 heavy (non-hydrogen) atoms. The number of aryl methyl sites for hydroxylation is 2. The quantitative estimate of drug-likeness (QED) is 0.771. The first-order valence-corrected chi connectivity index (χ1v) is 7.79. The lowest BCUT2D eigenvalue weighted by molar-refractivity contribution is 0.415. The zero-order valence-electron chi connectivity index (χ0n) is 13.3. The molecule has 0 unspecified atom stereocenters. The number of aromatic nitrogens is 4. The molecule has 7 heteroatoms. The summed E-state index contributed by atoms with van der Waals surface area (Å²) < 4.78 is 6.98. The van der Waals surface area contributed by atoms with Crippen LogP contribution in [-0.4, -0.2) is 26.9 Å². The Balaban J connectivity index is 2.02. The number of benzene rings is 1. The van der Waals surface area contributed by atoms with Crippen LogP contribution in [-0.2, 0) is 13.5 Å². The summed E-state index contributed by atoms with van der Waals surface area (Å²) >= 11 is 6.18. The van der Waals surface area contributed by atoms with Crippen LogP contribution < -0.4 is 10.1 Å². The van der Waals surface area contributed by atoms with Crippen molar-refractivity contribution in [1.29, 1.82) is 0 Å². The van der Waals surface area contributed by atoms with Crippen molar-refractivity contribution in [3.8, 4) is 5.75 Å². The number of hydrogen-bond acceptors (Lipinski definition) is 5. The molecule has 0 radical (unpaired) electrons. The van der Waals surface area contributed by atoms with Gasteiger partial charge in [0.25, 0.3) is 0 Å². The Morgan fingerprint density at radius 3 is 2.83 bits per heavy atom. The molecule has 0 saturated heterocycles. The highest BCUT2D eigenvalue weighted by Crippen LogP contribution is 2.30. The summed E-state index contributed by atoms with van der Waals surface area (Å²) in [7, 11) is 3.49. The second-order valence-electron chi connectivity index (χ2n) is 5.21. The molecule has 3 aromatic rings. The molecule has 2 heterocycles. The van der Waals surface area contributed by atoms with E-state index in [1.165, 1.54) is 0 Å². The Labute approximate surface area is 139 Å². The first kappa shape index (κ1) is 15.6. The maximum Gasteiger partial charge on any atom is 0.160 e. The highest BCUT2D eigenvalue weighted by Gasteiger charge is 2.14. The molecule has 0 atom stereocenters. The maximum atomic E-state index is 6.18. The van der Waals surface area contributed by atoms with Crippen LogP contribution in [0, 0.1) is 0 Å². The normalized spacial score (nSPS) is 11.0. The summed E-state index contributed by atoms with van der Waals surface area (Å²) in [6.45, 7) is 2.13. The summed E-state index contributed by atoms with van der Waals surface area (Å²) in [5.74, 6) is 1.34. The lowest BCUT2D eigenvalue weighted by Crippen LogP contribution is -1.99. The molecule has 0 fully saturated rings. The smallest absolute Gasteiger partial charge is 0.160 e. The number of nitrogens with zero attached hydrogens (tertiary/aromatic N) is 4. The van der Waals surface area contributed by atoms with E-state index in [1.54, 1.807) is 19.5 Å². The highest BCUT2D eigenvalue weighted by atomic mass is 35.5. The first-order valence-electron chi connectivity index (χ1n) is 7.41. The van der Waals surface area contributed by atoms with Crippen molar-refractivity contribution in [2.45, 2.75) is 19.8 Å². The number of halogens is 1. The molecule has 0 aliphatic carbocycles. The van der Waals surface area contributed by atoms with Gasteiger partial charge in [0, 0.05) is 12.7 Å². The fourth-order valence-corrected chi connectivity index (χ4v) is 2.81. The van der Waals surface area contributed by atoms with E-state index in [0.717, 1.165) is 35.3 Å². The van der Waals surface area contributed by atoms with Crippen molar-refractivity contribution >= 4 is 34.1 Å². The second-order valence-corrected chi connectivity index (χ2v) is 5.62. The average Bonchev–Trinajstić information content (AvgIpc) is 2.85. The molecule has 0 saturated carbocycles. The Morgan fingerprint density at radius 2 is 2.13 bits per heavy atom. The van der Waals surface area contributed by atoms with Gasteiger partial charge in [-0.1, -0.05) is 24.9 Å². The average molecular weight is 332 g/mol. The van der Waals surface area contributed by atoms with Gasteiger partial charge in [-0.2, -0.15) is 5.10 Å². The SMILES string of the molecule is CCCc1nn(C)c2c(Nc3ccc(OC)c(Cl)c3)ncnc12. The first-order chi connectivity index (χ1) is 11.1. The van der Waals surface area contributed by atoms with Gasteiger partial charge >= 0.3 is 0 Å². The Kier molecular flexibility index (Phi) is 4.34. The van der Waals surface area contributed by atoms with Crippen molar-refractivity contribution in [3.63, 3.8) is 0 Å². The molecule has 0 bridgehead atoms. The minimum Gasteiger partial charge on any atom is -0.495 e. The molecule has 2 aromatic heterocycles. The molecule has 0 aliphatic rings. The van der Waals surface area contributed by atoms with Gasteiger partial charge in [0.05, 0.1) is 17.8 Å². The van der Waals surface area contributed by atoms with Crippen molar-refractivity contribution in [2.24, 2.45) is 7.05 Å². The van der Waals surface area contributed by atoms with Crippen LogP contribution in [0.3, 0.4) is 0 Å². The Morgan fingerprint density at radius 1 is 1.30 bits per heavy atom. The van der Waals surface area contributed by atoms with E-state index in [0.29, 0.717) is 16.6 Å². The molecule has 0 spiro atoms. The van der Waals surface area contributed by atoms with E-state index in [9.17, 15) is 0 Å². The summed E-state index contributed by atoms with van der Waals surface area (Å²) in [5, 5.41) is 8.38. The van der Waals surface area contributed by atoms with Gasteiger partial charge in [0.1, 0.15) is 23.1 Å². The standard InChI is InChI=1S/C16H18ClN5O/c1-4-5-12-14-15(22(2)21-12)16(19-9-18-14)20-10-6-7-13(23-3)11(17)8-10/h6-9H,4-5H2,1-3H3,(H,18,19,20). The van der Waals surface area contributed by atoms with E-state index >= 15 is 0 Å². The lowest BCUT2D eigenvalue weighted by Gasteiger charge is -2.09. The van der Waals surface area contributed by atoms with Crippen LogP contribution >= 0.6 is 11.6 Å². The molecule has 120 valence electrons. The summed E-state index contributed by atoms with van der Waals surface area (Å²) in [6, 6.07) is 5.51. The number of rotatable bonds is 5. The van der Waals surface area contributed by atoms with Crippen LogP contribution in [0.15, 0.2) is 24.5 Å². The van der Waals surface area contributed by atoms with Gasteiger partial charge in [-0.15, -0.1) is 0 Å². The molecular formula is C16H18ClN5O. The van der Waals surface area contributed by atoms with Gasteiger partial charge in [0.15, 0.2) is 5.82 Å². The van der Waals surface area contributed by atoms with Crippen molar-refractivity contribution in [1.82, 2.24) is 19.7 Å². The molecule has 1 N–H and O–H groups in total. The maximum absolute atomic E-state index is 6.18. The molecule has 3 rings (SSSR count). The van der Waals surface area contributed by atoms with Crippen LogP contribution in [0.25, 0.3) is 11.0 Å². The van der Waals surface area contributed by atoms with Crippen molar-refractivity contribution in [3.05, 3.63) is 35.2 Å². The van der Waals surface area contributed by atoms with Crippen LogP contribution in [0.4, 0.5) is 11.5 Å². The minimum atomic E-state index is 0.541. The van der Waals surface area contributed by atoms with Gasteiger partial charge in [-0.25, -0.2) is 9.97 Å². The summed E-state index contributed by atoms with van der Waals surface area (Å²) in [6.07, 6.45) is 3.46. The lowest BCUT2D eigenvalue weighted by atomic mass is 10.2. The zero-order valence-corrected chi connectivity index (χ0v) is 14.1. The number of methoxy groups -OCH3 is 1. The topological polar surface area (TPSA) is 64.9 Å². The Hall–Kier alpha value is -2.34. The predicted molar refractivity (Wildman–Crippen MR) is 91.6 cm³/mol. The summed E-state index contributed by atoms with van der Waals surface area (Å²) in [4.78, 5) is 8.74. The third kappa shape index (κ3) is 2.94. The monoisotopic (exact) mass is 331 g/mol. The molecule has 1 aromatic carbocycles. The fraction of sp³-hybridized carbons (Fsp3) is 0.312. The molecule has 0 aliphatic heterocycles. The van der Waals surface area contributed by atoms with E-state index in [-0.39, 0.29) is 0 Å². The van der Waals surface area contributed by atoms with E-state index in [4.69, 9.17) is 16.3 Å². The number of ether oxygens (including phenoxy) is 1. The van der Waals surface area contributed by atoms with Gasteiger partial charge in [-0.3, -0.25) is 4.68 Å². The second kappa shape index (κ2) is 6.42.